The number of aryl methyl sites for hydroxylation is 1. The molecule has 3 heterocycles. The molecule has 20 heavy (non-hydrogen) atoms. The van der Waals surface area contributed by atoms with Gasteiger partial charge in [-0.15, -0.1) is 0 Å². The summed E-state index contributed by atoms with van der Waals surface area (Å²) in [6, 6.07) is 0. The van der Waals surface area contributed by atoms with Crippen molar-refractivity contribution in [2.45, 2.75) is 19.4 Å². The van der Waals surface area contributed by atoms with Gasteiger partial charge in [0.1, 0.15) is 0 Å². The fraction of sp³-hybridized carbons (Fsp3) is 0.714. The summed E-state index contributed by atoms with van der Waals surface area (Å²) in [7, 11) is 3.78. The van der Waals surface area contributed by atoms with Crippen molar-refractivity contribution in [1.29, 1.82) is 0 Å². The van der Waals surface area contributed by atoms with Crippen LogP contribution in [0.2, 0.25) is 0 Å². The molecule has 2 saturated heterocycles. The van der Waals surface area contributed by atoms with E-state index >= 15 is 0 Å². The van der Waals surface area contributed by atoms with Crippen LogP contribution in [0.1, 0.15) is 18.4 Å². The number of ether oxygens (including phenoxy) is 1. The maximum atomic E-state index is 5.58. The second-order valence-corrected chi connectivity index (χ2v) is 5.90. The van der Waals surface area contributed by atoms with Crippen LogP contribution in [-0.4, -0.2) is 54.0 Å². The first-order valence-electron chi connectivity index (χ1n) is 7.22. The molecule has 3 rings (SSSR count). The predicted octanol–water partition coefficient (Wildman–Crippen LogP) is 0.608. The molecule has 1 spiro atoms. The Morgan fingerprint density at radius 1 is 1.55 bits per heavy atom. The van der Waals surface area contributed by atoms with Crippen molar-refractivity contribution in [3.63, 3.8) is 0 Å². The van der Waals surface area contributed by atoms with Gasteiger partial charge in [-0.05, 0) is 12.8 Å². The van der Waals surface area contributed by atoms with Crippen LogP contribution in [0, 0.1) is 5.41 Å². The summed E-state index contributed by atoms with van der Waals surface area (Å²) in [4.78, 5) is 6.76. The Hall–Kier alpha value is -1.56. The lowest BCUT2D eigenvalue weighted by Crippen LogP contribution is -2.41. The zero-order valence-corrected chi connectivity index (χ0v) is 12.3. The van der Waals surface area contributed by atoms with Gasteiger partial charge in [-0.3, -0.25) is 9.67 Å². The minimum Gasteiger partial charge on any atom is -0.381 e. The molecule has 6 nitrogen and oxygen atoms in total. The number of guanidine groups is 1. The molecule has 1 unspecified atom stereocenters. The van der Waals surface area contributed by atoms with Gasteiger partial charge in [-0.2, -0.15) is 5.10 Å². The van der Waals surface area contributed by atoms with Gasteiger partial charge < -0.3 is 15.0 Å². The van der Waals surface area contributed by atoms with Crippen LogP contribution in [0.25, 0.3) is 0 Å². The monoisotopic (exact) mass is 277 g/mol. The van der Waals surface area contributed by atoms with E-state index in [1.807, 2.05) is 31.2 Å². The van der Waals surface area contributed by atoms with Crippen LogP contribution >= 0.6 is 0 Å². The van der Waals surface area contributed by atoms with Gasteiger partial charge in [0.15, 0.2) is 5.96 Å². The van der Waals surface area contributed by atoms with E-state index in [0.717, 1.165) is 38.8 Å². The molecule has 0 radical (unpaired) electrons. The van der Waals surface area contributed by atoms with Gasteiger partial charge >= 0.3 is 0 Å². The minimum absolute atomic E-state index is 0.367. The molecule has 1 atom stereocenters. The maximum Gasteiger partial charge on any atom is 0.193 e. The quantitative estimate of drug-likeness (QED) is 0.635. The van der Waals surface area contributed by atoms with Crippen LogP contribution in [-0.2, 0) is 18.3 Å². The fourth-order valence-electron chi connectivity index (χ4n) is 3.16. The van der Waals surface area contributed by atoms with Crippen LogP contribution < -0.4 is 5.32 Å². The molecule has 0 aliphatic carbocycles. The first-order valence-corrected chi connectivity index (χ1v) is 7.22. The molecule has 2 aliphatic heterocycles. The van der Waals surface area contributed by atoms with E-state index in [1.165, 1.54) is 18.4 Å². The lowest BCUT2D eigenvalue weighted by Gasteiger charge is -2.24. The topological polar surface area (TPSA) is 54.7 Å². The molecule has 1 aromatic heterocycles. The van der Waals surface area contributed by atoms with E-state index in [-0.39, 0.29) is 0 Å². The SMILES string of the molecule is CN=C(NCc1cnn(C)c1)N1CCC2(CCOC2)C1. The third-order valence-electron chi connectivity index (χ3n) is 4.34. The second-order valence-electron chi connectivity index (χ2n) is 5.90. The van der Waals surface area contributed by atoms with E-state index < -0.39 is 0 Å². The average Bonchev–Trinajstić information content (AvgIpc) is 3.15. The van der Waals surface area contributed by atoms with Gasteiger partial charge in [-0.25, -0.2) is 0 Å². The van der Waals surface area contributed by atoms with E-state index in [0.29, 0.717) is 5.41 Å². The lowest BCUT2D eigenvalue weighted by molar-refractivity contribution is 0.156. The molecule has 2 aliphatic rings. The van der Waals surface area contributed by atoms with Crippen molar-refractivity contribution in [2.75, 3.05) is 33.4 Å². The number of rotatable bonds is 2. The van der Waals surface area contributed by atoms with Crippen molar-refractivity contribution >= 4 is 5.96 Å². The third-order valence-corrected chi connectivity index (χ3v) is 4.34. The summed E-state index contributed by atoms with van der Waals surface area (Å²) < 4.78 is 7.40. The summed E-state index contributed by atoms with van der Waals surface area (Å²) in [6.45, 7) is 4.70. The highest BCUT2D eigenvalue weighted by atomic mass is 16.5. The van der Waals surface area contributed by atoms with Crippen molar-refractivity contribution in [3.8, 4) is 0 Å². The summed E-state index contributed by atoms with van der Waals surface area (Å²) in [6.07, 6.45) is 6.30. The number of likely N-dealkylation sites (tertiary alicyclic amines) is 1. The van der Waals surface area contributed by atoms with E-state index in [9.17, 15) is 0 Å². The van der Waals surface area contributed by atoms with Gasteiger partial charge in [0, 0.05) is 57.5 Å². The molecule has 110 valence electrons. The van der Waals surface area contributed by atoms with E-state index in [4.69, 9.17) is 4.74 Å². The predicted molar refractivity (Wildman–Crippen MR) is 77.5 cm³/mol. The Labute approximate surface area is 119 Å². The number of aliphatic imine (C=N–C) groups is 1. The Kier molecular flexibility index (Phi) is 3.65. The van der Waals surface area contributed by atoms with Crippen LogP contribution in [0.3, 0.4) is 0 Å². The molecule has 1 N–H and O–H groups in total. The third kappa shape index (κ3) is 2.65. The average molecular weight is 277 g/mol. The molecule has 2 fully saturated rings. The first-order chi connectivity index (χ1) is 9.71. The van der Waals surface area contributed by atoms with Crippen LogP contribution in [0.5, 0.6) is 0 Å². The summed E-state index contributed by atoms with van der Waals surface area (Å²) in [5, 5.41) is 7.61. The zero-order valence-electron chi connectivity index (χ0n) is 12.3. The Morgan fingerprint density at radius 3 is 3.10 bits per heavy atom. The molecule has 0 bridgehead atoms. The van der Waals surface area contributed by atoms with Crippen molar-refractivity contribution < 1.29 is 4.74 Å². The molecular weight excluding hydrogens is 254 g/mol. The van der Waals surface area contributed by atoms with Gasteiger partial charge in [-0.1, -0.05) is 0 Å². The number of nitrogens with zero attached hydrogens (tertiary/aromatic N) is 4. The molecule has 6 heteroatoms. The Bertz CT molecular complexity index is 490. The van der Waals surface area contributed by atoms with E-state index in [2.05, 4.69) is 20.3 Å². The zero-order chi connectivity index (χ0) is 14.0. The van der Waals surface area contributed by atoms with Gasteiger partial charge in [0.25, 0.3) is 0 Å². The van der Waals surface area contributed by atoms with Crippen LogP contribution in [0.15, 0.2) is 17.4 Å². The van der Waals surface area contributed by atoms with Crippen molar-refractivity contribution in [2.24, 2.45) is 17.5 Å². The minimum atomic E-state index is 0.367. The molecule has 0 amide bonds. The molecular formula is C14H23N5O. The standard InChI is InChI=1S/C14H23N5O/c1-15-13(16-7-12-8-17-18(2)9-12)19-5-3-14(10-19)4-6-20-11-14/h8-9H,3-7,10-11H2,1-2H3,(H,15,16). The Balaban J connectivity index is 1.57. The van der Waals surface area contributed by atoms with E-state index in [1.54, 1.807) is 0 Å². The van der Waals surface area contributed by atoms with Crippen molar-refractivity contribution in [1.82, 2.24) is 20.0 Å². The molecule has 0 aromatic carbocycles. The Morgan fingerprint density at radius 2 is 2.45 bits per heavy atom. The number of hydrogen-bond acceptors (Lipinski definition) is 3. The smallest absolute Gasteiger partial charge is 0.193 e. The number of hydrogen-bond donors (Lipinski definition) is 1. The highest BCUT2D eigenvalue weighted by Gasteiger charge is 2.42. The molecule has 0 saturated carbocycles. The highest BCUT2D eigenvalue weighted by molar-refractivity contribution is 5.80. The summed E-state index contributed by atoms with van der Waals surface area (Å²) in [5.74, 6) is 0.984. The fourth-order valence-corrected chi connectivity index (χ4v) is 3.16. The highest BCUT2D eigenvalue weighted by Crippen LogP contribution is 2.38. The summed E-state index contributed by atoms with van der Waals surface area (Å²) in [5.41, 5.74) is 1.54. The van der Waals surface area contributed by atoms with Gasteiger partial charge in [0.05, 0.1) is 12.8 Å². The summed E-state index contributed by atoms with van der Waals surface area (Å²) >= 11 is 0. The number of nitrogens with one attached hydrogen (secondary N) is 1. The normalized spacial score (nSPS) is 26.7. The first kappa shape index (κ1) is 13.4. The lowest BCUT2D eigenvalue weighted by atomic mass is 9.87. The van der Waals surface area contributed by atoms with Crippen molar-refractivity contribution in [3.05, 3.63) is 18.0 Å². The van der Waals surface area contributed by atoms with Gasteiger partial charge in [0.2, 0.25) is 0 Å². The second kappa shape index (κ2) is 5.44. The van der Waals surface area contributed by atoms with Crippen LogP contribution in [0.4, 0.5) is 0 Å². The number of aromatic nitrogens is 2. The maximum absolute atomic E-state index is 5.58. The molecule has 1 aromatic rings. The largest absolute Gasteiger partial charge is 0.381 e.